The molecule has 1 aliphatic heterocycles. The summed E-state index contributed by atoms with van der Waals surface area (Å²) in [6.07, 6.45) is 7.70. The van der Waals surface area contributed by atoms with Gasteiger partial charge in [-0.2, -0.15) is 0 Å². The molecule has 18 heavy (non-hydrogen) atoms. The third-order valence-electron chi connectivity index (χ3n) is 3.03. The molecule has 0 spiro atoms. The lowest BCUT2D eigenvalue weighted by atomic mass is 10.1. The predicted molar refractivity (Wildman–Crippen MR) is 70.1 cm³/mol. The molecule has 0 aromatic rings. The van der Waals surface area contributed by atoms with Crippen LogP contribution in [0.2, 0.25) is 0 Å². The molecule has 0 aromatic heterocycles. The molecule has 0 saturated carbocycles. The minimum absolute atomic E-state index is 0.0506. The molecule has 0 aliphatic carbocycles. The van der Waals surface area contributed by atoms with Gasteiger partial charge in [-0.05, 0) is 12.8 Å². The van der Waals surface area contributed by atoms with Gasteiger partial charge in [-0.25, -0.2) is 0 Å². The summed E-state index contributed by atoms with van der Waals surface area (Å²) in [5, 5.41) is 9.07. The van der Waals surface area contributed by atoms with Crippen LogP contribution in [-0.2, 0) is 9.59 Å². The topological polar surface area (TPSA) is 57.6 Å². The maximum atomic E-state index is 11.5. The molecule has 0 radical (unpaired) electrons. The van der Waals surface area contributed by atoms with E-state index in [0.29, 0.717) is 38.8 Å². The van der Waals surface area contributed by atoms with Gasteiger partial charge in [0.2, 0.25) is 5.91 Å². The Labute approximate surface area is 109 Å². The van der Waals surface area contributed by atoms with Crippen molar-refractivity contribution in [2.75, 3.05) is 13.1 Å². The summed E-state index contributed by atoms with van der Waals surface area (Å²) < 4.78 is 0. The fraction of sp³-hybridized carbons (Fsp3) is 0.714. The molecule has 4 nitrogen and oxygen atoms in total. The summed E-state index contributed by atoms with van der Waals surface area (Å²) in [6, 6.07) is 0. The maximum Gasteiger partial charge on any atom is 0.222 e. The smallest absolute Gasteiger partial charge is 0.222 e. The molecule has 102 valence electrons. The molecule has 1 N–H and O–H groups in total. The highest BCUT2D eigenvalue weighted by atomic mass is 16.3. The Kier molecular flexibility index (Phi) is 6.65. The number of allylic oxidation sites excluding steroid dienone is 2. The van der Waals surface area contributed by atoms with E-state index >= 15 is 0 Å². The van der Waals surface area contributed by atoms with E-state index in [-0.39, 0.29) is 17.8 Å². The van der Waals surface area contributed by atoms with Crippen molar-refractivity contribution in [3.63, 3.8) is 0 Å². The number of nitrogens with zero attached hydrogens (tertiary/aromatic N) is 1. The lowest BCUT2D eigenvalue weighted by Crippen LogP contribution is -2.53. The van der Waals surface area contributed by atoms with Crippen LogP contribution in [0.5, 0.6) is 0 Å². The summed E-state index contributed by atoms with van der Waals surface area (Å²) in [4.78, 5) is 24.7. The summed E-state index contributed by atoms with van der Waals surface area (Å²) in [7, 11) is 0. The summed E-state index contributed by atoms with van der Waals surface area (Å²) >= 11 is 0. The van der Waals surface area contributed by atoms with Crippen LogP contribution in [0.1, 0.15) is 45.4 Å². The Morgan fingerprint density at radius 3 is 2.61 bits per heavy atom. The third-order valence-corrected chi connectivity index (χ3v) is 3.03. The van der Waals surface area contributed by atoms with Crippen molar-refractivity contribution < 1.29 is 14.7 Å². The van der Waals surface area contributed by atoms with Crippen LogP contribution < -0.4 is 0 Å². The second kappa shape index (κ2) is 8.03. The number of aliphatic hydroxyl groups is 1. The number of likely N-dealkylation sites (tertiary alicyclic amines) is 1. The lowest BCUT2D eigenvalue weighted by Gasteiger charge is -2.35. The summed E-state index contributed by atoms with van der Waals surface area (Å²) in [5.41, 5.74) is 0. The molecular weight excluding hydrogens is 230 g/mol. The van der Waals surface area contributed by atoms with Crippen LogP contribution in [0.3, 0.4) is 0 Å². The first-order valence-corrected chi connectivity index (χ1v) is 6.76. The fourth-order valence-corrected chi connectivity index (χ4v) is 1.86. The minimum atomic E-state index is -0.348. The molecule has 0 atom stereocenters. The van der Waals surface area contributed by atoms with Gasteiger partial charge < -0.3 is 10.0 Å². The molecule has 1 aliphatic rings. The number of unbranched alkanes of at least 4 members (excludes halogenated alkanes) is 1. The molecule has 1 rings (SSSR count). The highest BCUT2D eigenvalue weighted by molar-refractivity contribution is 5.81. The molecule has 0 aromatic carbocycles. The largest absolute Gasteiger partial charge is 0.389 e. The van der Waals surface area contributed by atoms with Crippen LogP contribution in [0, 0.1) is 0 Å². The van der Waals surface area contributed by atoms with Crippen molar-refractivity contribution in [1.29, 1.82) is 0 Å². The van der Waals surface area contributed by atoms with Gasteiger partial charge in [0, 0.05) is 32.4 Å². The zero-order chi connectivity index (χ0) is 13.4. The summed E-state index contributed by atoms with van der Waals surface area (Å²) in [5.74, 6) is 0.244. The maximum absolute atomic E-state index is 11.5. The van der Waals surface area contributed by atoms with Crippen LogP contribution >= 0.6 is 0 Å². The fourth-order valence-electron chi connectivity index (χ4n) is 1.86. The number of carbonyl (C=O) groups excluding carboxylic acids is 2. The first-order chi connectivity index (χ1) is 8.63. The molecule has 1 saturated heterocycles. The number of β-amino-alcohol motifs (C(OH)–C–C–N with tert-alkyl or cyclic N) is 1. The van der Waals surface area contributed by atoms with E-state index in [2.05, 4.69) is 6.92 Å². The van der Waals surface area contributed by atoms with Crippen molar-refractivity contribution in [2.45, 2.75) is 51.6 Å². The standard InChI is InChI=1S/C14H23NO3/c1-2-3-4-5-7-12(16)8-6-9-14(18)15-10-13(17)11-15/h4-5,13,17H,2-3,6-11H2,1H3. The van der Waals surface area contributed by atoms with E-state index in [1.54, 1.807) is 4.90 Å². The summed E-state index contributed by atoms with van der Waals surface area (Å²) in [6.45, 7) is 3.00. The number of hydrogen-bond acceptors (Lipinski definition) is 3. The van der Waals surface area contributed by atoms with Crippen LogP contribution in [0.4, 0.5) is 0 Å². The molecule has 1 amide bonds. The Morgan fingerprint density at radius 1 is 1.28 bits per heavy atom. The average Bonchev–Trinajstić information content (AvgIpc) is 2.30. The van der Waals surface area contributed by atoms with Crippen molar-refractivity contribution in [1.82, 2.24) is 4.90 Å². The molecule has 1 fully saturated rings. The Balaban J connectivity index is 2.03. The van der Waals surface area contributed by atoms with Gasteiger partial charge in [-0.1, -0.05) is 25.5 Å². The number of carbonyl (C=O) groups is 2. The Bertz CT molecular complexity index is 306. The van der Waals surface area contributed by atoms with E-state index in [1.165, 1.54) is 0 Å². The normalized spacial score (nSPS) is 16.0. The number of rotatable bonds is 8. The average molecular weight is 253 g/mol. The van der Waals surface area contributed by atoms with Crippen molar-refractivity contribution in [3.8, 4) is 0 Å². The highest BCUT2D eigenvalue weighted by Gasteiger charge is 2.27. The minimum Gasteiger partial charge on any atom is -0.389 e. The van der Waals surface area contributed by atoms with E-state index in [0.717, 1.165) is 12.8 Å². The van der Waals surface area contributed by atoms with Crippen LogP contribution in [0.15, 0.2) is 12.2 Å². The molecule has 4 heteroatoms. The number of hydrogen-bond donors (Lipinski definition) is 1. The van der Waals surface area contributed by atoms with Crippen molar-refractivity contribution >= 4 is 11.7 Å². The zero-order valence-corrected chi connectivity index (χ0v) is 11.1. The number of aliphatic hydroxyl groups excluding tert-OH is 1. The van der Waals surface area contributed by atoms with E-state index in [4.69, 9.17) is 5.11 Å². The van der Waals surface area contributed by atoms with Gasteiger partial charge in [0.15, 0.2) is 0 Å². The van der Waals surface area contributed by atoms with Crippen molar-refractivity contribution in [3.05, 3.63) is 12.2 Å². The zero-order valence-electron chi connectivity index (χ0n) is 11.1. The van der Waals surface area contributed by atoms with Crippen LogP contribution in [0.25, 0.3) is 0 Å². The first-order valence-electron chi connectivity index (χ1n) is 6.76. The van der Waals surface area contributed by atoms with Gasteiger partial charge in [-0.3, -0.25) is 9.59 Å². The lowest BCUT2D eigenvalue weighted by molar-refractivity contribution is -0.141. The second-order valence-corrected chi connectivity index (χ2v) is 4.81. The van der Waals surface area contributed by atoms with E-state index in [1.807, 2.05) is 12.2 Å². The molecular formula is C14H23NO3. The SMILES string of the molecule is CCCC=CCC(=O)CCCC(=O)N1CC(O)C1. The molecule has 0 bridgehead atoms. The number of ketones is 1. The molecule has 0 unspecified atom stereocenters. The van der Waals surface area contributed by atoms with Gasteiger partial charge in [0.1, 0.15) is 5.78 Å². The van der Waals surface area contributed by atoms with Gasteiger partial charge in [0.25, 0.3) is 0 Å². The monoisotopic (exact) mass is 253 g/mol. The first kappa shape index (κ1) is 14.9. The van der Waals surface area contributed by atoms with E-state index in [9.17, 15) is 9.59 Å². The Hall–Kier alpha value is -1.16. The number of Topliss-reactive ketones (excluding diaryl/α,β-unsaturated/α-hetero) is 1. The van der Waals surface area contributed by atoms with E-state index < -0.39 is 0 Å². The van der Waals surface area contributed by atoms with Crippen molar-refractivity contribution in [2.24, 2.45) is 0 Å². The second-order valence-electron chi connectivity index (χ2n) is 4.81. The highest BCUT2D eigenvalue weighted by Crippen LogP contribution is 2.11. The Morgan fingerprint density at radius 2 is 2.00 bits per heavy atom. The quantitative estimate of drug-likeness (QED) is 0.669. The van der Waals surface area contributed by atoms with Gasteiger partial charge >= 0.3 is 0 Å². The molecule has 1 heterocycles. The third kappa shape index (κ3) is 5.45. The number of amides is 1. The van der Waals surface area contributed by atoms with Crippen LogP contribution in [-0.4, -0.2) is 40.9 Å². The predicted octanol–water partition coefficient (Wildman–Crippen LogP) is 1.68. The van der Waals surface area contributed by atoms with Gasteiger partial charge in [0.05, 0.1) is 6.10 Å². The van der Waals surface area contributed by atoms with Gasteiger partial charge in [-0.15, -0.1) is 0 Å².